The fourth-order valence-electron chi connectivity index (χ4n) is 2.60. The number of benzene rings is 2. The maximum absolute atomic E-state index is 12.7. The predicted molar refractivity (Wildman–Crippen MR) is 99.5 cm³/mol. The first-order valence-electron chi connectivity index (χ1n) is 8.04. The molecule has 136 valence electrons. The van der Waals surface area contributed by atoms with E-state index in [1.54, 1.807) is 49.5 Å². The molecule has 0 atom stereocenters. The van der Waals surface area contributed by atoms with Crippen LogP contribution in [0.15, 0.2) is 64.4 Å². The number of ether oxygens (including phenoxy) is 1. The van der Waals surface area contributed by atoms with E-state index < -0.39 is 10.0 Å². The molecule has 3 rings (SSSR count). The van der Waals surface area contributed by atoms with E-state index in [4.69, 9.17) is 4.74 Å². The van der Waals surface area contributed by atoms with Crippen LogP contribution in [-0.2, 0) is 10.0 Å². The first-order valence-corrected chi connectivity index (χ1v) is 9.53. The minimum Gasteiger partial charge on any atom is -0.494 e. The second kappa shape index (κ2) is 7.09. The molecule has 0 aliphatic rings. The quantitative estimate of drug-likeness (QED) is 0.695. The van der Waals surface area contributed by atoms with E-state index in [9.17, 15) is 13.2 Å². The van der Waals surface area contributed by atoms with E-state index in [1.807, 2.05) is 6.92 Å². The Balaban J connectivity index is 1.97. The van der Waals surface area contributed by atoms with Crippen molar-refractivity contribution in [2.45, 2.75) is 18.7 Å². The topological polar surface area (TPSA) is 93.2 Å². The van der Waals surface area contributed by atoms with Crippen LogP contribution in [0.5, 0.6) is 5.75 Å². The van der Waals surface area contributed by atoms with Crippen molar-refractivity contribution in [3.63, 3.8) is 0 Å². The van der Waals surface area contributed by atoms with Gasteiger partial charge in [-0.1, -0.05) is 12.1 Å². The highest BCUT2D eigenvalue weighted by Crippen LogP contribution is 2.24. The molecule has 0 aliphatic heterocycles. The van der Waals surface area contributed by atoms with E-state index in [0.29, 0.717) is 29.4 Å². The molecule has 0 radical (unpaired) electrons. The van der Waals surface area contributed by atoms with Crippen molar-refractivity contribution in [1.82, 2.24) is 9.55 Å². The number of H-pyrrole nitrogens is 1. The van der Waals surface area contributed by atoms with E-state index >= 15 is 0 Å². The molecular formula is C18H19N3O4S. The van der Waals surface area contributed by atoms with E-state index in [-0.39, 0.29) is 10.6 Å². The van der Waals surface area contributed by atoms with Crippen molar-refractivity contribution in [2.24, 2.45) is 0 Å². The maximum Gasteiger partial charge on any atom is 0.330 e. The van der Waals surface area contributed by atoms with Gasteiger partial charge in [0, 0.05) is 11.9 Å². The highest BCUT2D eigenvalue weighted by Gasteiger charge is 2.18. The molecule has 2 N–H and O–H groups in total. The number of hydrogen-bond donors (Lipinski definition) is 2. The van der Waals surface area contributed by atoms with E-state index in [0.717, 1.165) is 0 Å². The van der Waals surface area contributed by atoms with Crippen LogP contribution >= 0.6 is 0 Å². The number of rotatable bonds is 6. The Kier molecular flexibility index (Phi) is 4.85. The number of hydrogen-bond acceptors (Lipinski definition) is 4. The number of nitrogens with one attached hydrogen (secondary N) is 2. The lowest BCUT2D eigenvalue weighted by molar-refractivity contribution is 0.340. The molecular weight excluding hydrogens is 354 g/mol. The van der Waals surface area contributed by atoms with Crippen molar-refractivity contribution in [2.75, 3.05) is 11.3 Å². The van der Waals surface area contributed by atoms with Crippen LogP contribution in [0.2, 0.25) is 0 Å². The minimum atomic E-state index is -3.82. The molecule has 0 fully saturated rings. The fourth-order valence-corrected chi connectivity index (χ4v) is 3.67. The van der Waals surface area contributed by atoms with Gasteiger partial charge in [-0.05, 0) is 50.2 Å². The van der Waals surface area contributed by atoms with Crippen LogP contribution < -0.4 is 15.1 Å². The van der Waals surface area contributed by atoms with Gasteiger partial charge in [0.25, 0.3) is 10.0 Å². The molecule has 0 spiro atoms. The molecule has 8 heteroatoms. The highest BCUT2D eigenvalue weighted by molar-refractivity contribution is 7.92. The van der Waals surface area contributed by atoms with Gasteiger partial charge in [0.05, 0.1) is 22.9 Å². The van der Waals surface area contributed by atoms with E-state index in [1.165, 1.54) is 16.7 Å². The van der Waals surface area contributed by atoms with Crippen molar-refractivity contribution in [3.8, 4) is 11.4 Å². The number of aryl methyl sites for hydroxylation is 1. The smallest absolute Gasteiger partial charge is 0.330 e. The molecule has 0 amide bonds. The van der Waals surface area contributed by atoms with Gasteiger partial charge in [-0.3, -0.25) is 9.29 Å². The number of aromatic amines is 1. The van der Waals surface area contributed by atoms with Crippen LogP contribution in [0.3, 0.4) is 0 Å². The van der Waals surface area contributed by atoms with Crippen molar-refractivity contribution in [1.29, 1.82) is 0 Å². The molecule has 0 unspecified atom stereocenters. The Morgan fingerprint density at radius 2 is 1.81 bits per heavy atom. The first-order chi connectivity index (χ1) is 12.4. The van der Waals surface area contributed by atoms with Crippen LogP contribution in [0.25, 0.3) is 5.69 Å². The zero-order valence-electron chi connectivity index (χ0n) is 14.4. The van der Waals surface area contributed by atoms with E-state index in [2.05, 4.69) is 9.71 Å². The van der Waals surface area contributed by atoms with Crippen molar-refractivity contribution in [3.05, 3.63) is 70.9 Å². The first kappa shape index (κ1) is 17.8. The average molecular weight is 373 g/mol. The number of aromatic nitrogens is 2. The van der Waals surface area contributed by atoms with Gasteiger partial charge < -0.3 is 9.72 Å². The summed E-state index contributed by atoms with van der Waals surface area (Å²) < 4.78 is 34.7. The Labute approximate surface area is 151 Å². The summed E-state index contributed by atoms with van der Waals surface area (Å²) in [6.45, 7) is 4.12. The Morgan fingerprint density at radius 1 is 1.12 bits per heavy atom. The van der Waals surface area contributed by atoms with Gasteiger partial charge >= 0.3 is 5.69 Å². The maximum atomic E-state index is 12.7. The predicted octanol–water partition coefficient (Wildman–Crippen LogP) is 2.67. The number of sulfonamides is 1. The summed E-state index contributed by atoms with van der Waals surface area (Å²) >= 11 is 0. The molecule has 1 aromatic heterocycles. The second-order valence-electron chi connectivity index (χ2n) is 5.60. The molecule has 2 aromatic carbocycles. The monoisotopic (exact) mass is 373 g/mol. The number of nitrogens with zero attached hydrogens (tertiary/aromatic N) is 1. The normalized spacial score (nSPS) is 11.3. The van der Waals surface area contributed by atoms with Gasteiger partial charge in [0.15, 0.2) is 0 Å². The third-order valence-electron chi connectivity index (χ3n) is 3.79. The lowest BCUT2D eigenvalue weighted by Crippen LogP contribution is -2.20. The summed E-state index contributed by atoms with van der Waals surface area (Å²) in [4.78, 5) is 14.7. The Hall–Kier alpha value is -3.00. The molecule has 0 saturated heterocycles. The van der Waals surface area contributed by atoms with Crippen LogP contribution in [-0.4, -0.2) is 24.6 Å². The lowest BCUT2D eigenvalue weighted by Gasteiger charge is -2.14. The average Bonchev–Trinajstić information content (AvgIpc) is 2.95. The number of anilines is 1. The van der Waals surface area contributed by atoms with Crippen LogP contribution in [0.4, 0.5) is 5.69 Å². The zero-order chi connectivity index (χ0) is 18.7. The molecule has 0 aliphatic carbocycles. The number of para-hydroxylation sites is 2. The summed E-state index contributed by atoms with van der Waals surface area (Å²) in [5.74, 6) is 0.598. The van der Waals surface area contributed by atoms with Gasteiger partial charge in [0.1, 0.15) is 5.75 Å². The largest absolute Gasteiger partial charge is 0.494 e. The summed E-state index contributed by atoms with van der Waals surface area (Å²) in [6.07, 6.45) is 1.57. The van der Waals surface area contributed by atoms with Gasteiger partial charge in [0.2, 0.25) is 0 Å². The molecule has 1 heterocycles. The van der Waals surface area contributed by atoms with Crippen molar-refractivity contribution >= 4 is 15.7 Å². The summed E-state index contributed by atoms with van der Waals surface area (Å²) in [7, 11) is -3.82. The summed E-state index contributed by atoms with van der Waals surface area (Å²) in [6, 6.07) is 12.9. The zero-order valence-corrected chi connectivity index (χ0v) is 15.2. The molecule has 26 heavy (non-hydrogen) atoms. The molecule has 0 bridgehead atoms. The molecule has 7 nitrogen and oxygen atoms in total. The van der Waals surface area contributed by atoms with Gasteiger partial charge in [-0.2, -0.15) is 0 Å². The third-order valence-corrected chi connectivity index (χ3v) is 5.18. The second-order valence-corrected chi connectivity index (χ2v) is 7.28. The van der Waals surface area contributed by atoms with Crippen LogP contribution in [0, 0.1) is 6.92 Å². The Bertz CT molecular complexity index is 1070. The fraction of sp³-hybridized carbons (Fsp3) is 0.167. The molecule has 0 saturated carbocycles. The summed E-state index contributed by atoms with van der Waals surface area (Å²) in [5.41, 5.74) is 1.09. The number of imidazole rings is 1. The standard InChI is InChI=1S/C18H19N3O4S/c1-3-25-14-8-10-15(11-9-14)26(23,24)20-16-6-4-5-7-17(16)21-13(2)12-19-18(21)22/h4-12,20H,3H2,1-2H3,(H,19,22). The lowest BCUT2D eigenvalue weighted by atomic mass is 10.2. The minimum absolute atomic E-state index is 0.105. The highest BCUT2D eigenvalue weighted by atomic mass is 32.2. The van der Waals surface area contributed by atoms with Crippen LogP contribution in [0.1, 0.15) is 12.6 Å². The van der Waals surface area contributed by atoms with Gasteiger partial charge in [-0.15, -0.1) is 0 Å². The third kappa shape index (κ3) is 3.50. The Morgan fingerprint density at radius 3 is 2.42 bits per heavy atom. The van der Waals surface area contributed by atoms with Gasteiger partial charge in [-0.25, -0.2) is 13.2 Å². The summed E-state index contributed by atoms with van der Waals surface area (Å²) in [5, 5.41) is 0. The SMILES string of the molecule is CCOc1ccc(S(=O)(=O)Nc2ccccc2-n2c(C)c[nH]c2=O)cc1. The molecule has 3 aromatic rings. The van der Waals surface area contributed by atoms with Crippen molar-refractivity contribution < 1.29 is 13.2 Å².